The van der Waals surface area contributed by atoms with E-state index in [1.165, 1.54) is 0 Å². The Kier molecular flexibility index (Phi) is 7.12. The van der Waals surface area contributed by atoms with E-state index in [4.69, 9.17) is 4.74 Å². The molecule has 0 bridgehead atoms. The number of esters is 1. The van der Waals surface area contributed by atoms with E-state index in [0.717, 1.165) is 0 Å². The highest BCUT2D eigenvalue weighted by Gasteiger charge is 2.40. The average Bonchev–Trinajstić information content (AvgIpc) is 2.27. The Morgan fingerprint density at radius 1 is 1.21 bits per heavy atom. The molecule has 0 rings (SSSR count). The van der Waals surface area contributed by atoms with Crippen molar-refractivity contribution in [1.82, 2.24) is 4.90 Å². The fourth-order valence-corrected chi connectivity index (χ4v) is 1.80. The van der Waals surface area contributed by atoms with Gasteiger partial charge in [0.15, 0.2) is 0 Å². The SMILES string of the molecule is C=CCN(CC=C)C(=O)C(C(=O)OCC)C(C)(C)C. The van der Waals surface area contributed by atoms with E-state index in [-0.39, 0.29) is 12.5 Å². The molecule has 0 aliphatic rings. The standard InChI is InChI=1S/C15H25NO3/c1-7-10-16(11-8-2)13(17)12(15(4,5)6)14(18)19-9-3/h7-8,12H,1-2,9-11H2,3-6H3. The second kappa shape index (κ2) is 7.77. The molecule has 1 unspecified atom stereocenters. The highest BCUT2D eigenvalue weighted by molar-refractivity contribution is 5.98. The molecule has 4 heteroatoms. The molecular formula is C15H25NO3. The maximum atomic E-state index is 12.5. The number of hydrogen-bond acceptors (Lipinski definition) is 3. The monoisotopic (exact) mass is 267 g/mol. The summed E-state index contributed by atoms with van der Waals surface area (Å²) in [5.74, 6) is -1.53. The summed E-state index contributed by atoms with van der Waals surface area (Å²) >= 11 is 0. The molecule has 1 atom stereocenters. The third kappa shape index (κ3) is 5.28. The number of rotatable bonds is 7. The van der Waals surface area contributed by atoms with Gasteiger partial charge in [0, 0.05) is 13.1 Å². The van der Waals surface area contributed by atoms with Crippen molar-refractivity contribution in [2.45, 2.75) is 27.7 Å². The number of nitrogens with zero attached hydrogens (tertiary/aromatic N) is 1. The van der Waals surface area contributed by atoms with Crippen LogP contribution in [0.2, 0.25) is 0 Å². The number of carbonyl (C=O) groups is 2. The first-order valence-electron chi connectivity index (χ1n) is 6.46. The van der Waals surface area contributed by atoms with Crippen molar-refractivity contribution in [2.75, 3.05) is 19.7 Å². The minimum Gasteiger partial charge on any atom is -0.465 e. The van der Waals surface area contributed by atoms with E-state index in [0.29, 0.717) is 13.1 Å². The first-order chi connectivity index (χ1) is 8.79. The molecule has 0 aromatic carbocycles. The van der Waals surface area contributed by atoms with Crippen LogP contribution in [-0.2, 0) is 14.3 Å². The lowest BCUT2D eigenvalue weighted by molar-refractivity contribution is -0.160. The largest absolute Gasteiger partial charge is 0.465 e. The molecular weight excluding hydrogens is 242 g/mol. The lowest BCUT2D eigenvalue weighted by Gasteiger charge is -2.32. The molecule has 0 aliphatic carbocycles. The van der Waals surface area contributed by atoms with Gasteiger partial charge in [-0.2, -0.15) is 0 Å². The van der Waals surface area contributed by atoms with Gasteiger partial charge in [-0.15, -0.1) is 13.2 Å². The second-order valence-electron chi connectivity index (χ2n) is 5.37. The van der Waals surface area contributed by atoms with Gasteiger partial charge in [0.1, 0.15) is 5.92 Å². The van der Waals surface area contributed by atoms with Crippen LogP contribution in [0, 0.1) is 11.3 Å². The second-order valence-corrected chi connectivity index (χ2v) is 5.37. The summed E-state index contributed by atoms with van der Waals surface area (Å²) in [7, 11) is 0. The molecule has 1 amide bonds. The fourth-order valence-electron chi connectivity index (χ4n) is 1.80. The van der Waals surface area contributed by atoms with Crippen molar-refractivity contribution in [2.24, 2.45) is 11.3 Å². The van der Waals surface area contributed by atoms with Crippen molar-refractivity contribution in [3.63, 3.8) is 0 Å². The lowest BCUT2D eigenvalue weighted by Crippen LogP contribution is -2.46. The summed E-state index contributed by atoms with van der Waals surface area (Å²) < 4.78 is 5.02. The van der Waals surface area contributed by atoms with E-state index in [2.05, 4.69) is 13.2 Å². The van der Waals surface area contributed by atoms with Gasteiger partial charge in [0.2, 0.25) is 5.91 Å². The summed E-state index contributed by atoms with van der Waals surface area (Å²) in [6.07, 6.45) is 3.26. The molecule has 0 spiro atoms. The van der Waals surface area contributed by atoms with E-state index in [1.54, 1.807) is 24.0 Å². The zero-order valence-electron chi connectivity index (χ0n) is 12.4. The molecule has 0 fully saturated rings. The zero-order chi connectivity index (χ0) is 15.1. The average molecular weight is 267 g/mol. The summed E-state index contributed by atoms with van der Waals surface area (Å²) in [6.45, 7) is 15.6. The van der Waals surface area contributed by atoms with Gasteiger partial charge in [-0.3, -0.25) is 9.59 Å². The molecule has 0 aliphatic heterocycles. The van der Waals surface area contributed by atoms with Gasteiger partial charge >= 0.3 is 5.97 Å². The van der Waals surface area contributed by atoms with Gasteiger partial charge in [-0.1, -0.05) is 32.9 Å². The first-order valence-corrected chi connectivity index (χ1v) is 6.46. The fraction of sp³-hybridized carbons (Fsp3) is 0.600. The van der Waals surface area contributed by atoms with Gasteiger partial charge in [0.05, 0.1) is 6.61 Å². The van der Waals surface area contributed by atoms with Crippen LogP contribution in [0.1, 0.15) is 27.7 Å². The van der Waals surface area contributed by atoms with Crippen LogP contribution in [-0.4, -0.2) is 36.5 Å². The van der Waals surface area contributed by atoms with Crippen LogP contribution in [0.25, 0.3) is 0 Å². The zero-order valence-corrected chi connectivity index (χ0v) is 12.4. The van der Waals surface area contributed by atoms with Gasteiger partial charge in [-0.25, -0.2) is 0 Å². The Morgan fingerprint density at radius 3 is 2.00 bits per heavy atom. The first kappa shape index (κ1) is 17.4. The topological polar surface area (TPSA) is 46.6 Å². The van der Waals surface area contributed by atoms with Gasteiger partial charge < -0.3 is 9.64 Å². The highest BCUT2D eigenvalue weighted by Crippen LogP contribution is 2.29. The van der Waals surface area contributed by atoms with Gasteiger partial charge in [-0.05, 0) is 12.3 Å². The quantitative estimate of drug-likeness (QED) is 0.404. The minimum atomic E-state index is -0.813. The maximum absolute atomic E-state index is 12.5. The Morgan fingerprint density at radius 2 is 1.68 bits per heavy atom. The predicted molar refractivity (Wildman–Crippen MR) is 76.6 cm³/mol. The number of amides is 1. The van der Waals surface area contributed by atoms with Crippen LogP contribution < -0.4 is 0 Å². The summed E-state index contributed by atoms with van der Waals surface area (Å²) in [5.41, 5.74) is -0.496. The van der Waals surface area contributed by atoms with Crippen LogP contribution in [0.15, 0.2) is 25.3 Å². The van der Waals surface area contributed by atoms with Crippen molar-refractivity contribution >= 4 is 11.9 Å². The van der Waals surface area contributed by atoms with E-state index in [1.807, 2.05) is 20.8 Å². The minimum absolute atomic E-state index is 0.245. The van der Waals surface area contributed by atoms with Crippen molar-refractivity contribution in [3.05, 3.63) is 25.3 Å². The number of ether oxygens (including phenoxy) is 1. The lowest BCUT2D eigenvalue weighted by atomic mass is 9.79. The molecule has 108 valence electrons. The smallest absolute Gasteiger partial charge is 0.319 e. The molecule has 0 saturated carbocycles. The third-order valence-electron chi connectivity index (χ3n) is 2.65. The van der Waals surface area contributed by atoms with Crippen molar-refractivity contribution in [3.8, 4) is 0 Å². The molecule has 4 nitrogen and oxygen atoms in total. The Bertz CT molecular complexity index is 332. The molecule has 0 heterocycles. The molecule has 19 heavy (non-hydrogen) atoms. The molecule has 0 N–H and O–H groups in total. The number of hydrogen-bond donors (Lipinski definition) is 0. The highest BCUT2D eigenvalue weighted by atomic mass is 16.5. The van der Waals surface area contributed by atoms with Crippen molar-refractivity contribution in [1.29, 1.82) is 0 Å². The molecule has 0 aromatic heterocycles. The van der Waals surface area contributed by atoms with E-state index < -0.39 is 17.3 Å². The van der Waals surface area contributed by atoms with Crippen LogP contribution in [0.4, 0.5) is 0 Å². The predicted octanol–water partition coefficient (Wildman–Crippen LogP) is 2.41. The van der Waals surface area contributed by atoms with Crippen molar-refractivity contribution < 1.29 is 14.3 Å². The Hall–Kier alpha value is -1.58. The van der Waals surface area contributed by atoms with Crippen LogP contribution in [0.5, 0.6) is 0 Å². The Labute approximate surface area is 116 Å². The molecule has 0 radical (unpaired) electrons. The van der Waals surface area contributed by atoms with Crippen LogP contribution in [0.3, 0.4) is 0 Å². The maximum Gasteiger partial charge on any atom is 0.319 e. The van der Waals surface area contributed by atoms with Gasteiger partial charge in [0.25, 0.3) is 0 Å². The van der Waals surface area contributed by atoms with E-state index in [9.17, 15) is 9.59 Å². The Balaban J connectivity index is 5.23. The third-order valence-corrected chi connectivity index (χ3v) is 2.65. The summed E-state index contributed by atoms with van der Waals surface area (Å²) in [5, 5.41) is 0. The normalized spacial score (nSPS) is 12.4. The molecule has 0 saturated heterocycles. The molecule has 0 aromatic rings. The van der Waals surface area contributed by atoms with Crippen LogP contribution >= 0.6 is 0 Å². The summed E-state index contributed by atoms with van der Waals surface area (Å²) in [6, 6.07) is 0. The summed E-state index contributed by atoms with van der Waals surface area (Å²) in [4.78, 5) is 26.1. The van der Waals surface area contributed by atoms with E-state index >= 15 is 0 Å². The number of carbonyl (C=O) groups excluding carboxylic acids is 2.